The zero-order chi connectivity index (χ0) is 9.83. The highest BCUT2D eigenvalue weighted by Gasteiger charge is 2.51. The van der Waals surface area contributed by atoms with Gasteiger partial charge in [0.05, 0.1) is 0 Å². The SMILES string of the molecule is CC(F)(CCCCI)C(F)(F)F. The van der Waals surface area contributed by atoms with Crippen molar-refractivity contribution in [2.45, 2.75) is 38.0 Å². The molecule has 0 amide bonds. The quantitative estimate of drug-likeness (QED) is 0.320. The number of rotatable bonds is 4. The van der Waals surface area contributed by atoms with Gasteiger partial charge in [0, 0.05) is 0 Å². The molecule has 1 atom stereocenters. The van der Waals surface area contributed by atoms with Crippen molar-refractivity contribution < 1.29 is 17.6 Å². The van der Waals surface area contributed by atoms with Crippen LogP contribution in [0.4, 0.5) is 17.6 Å². The van der Waals surface area contributed by atoms with Crippen LogP contribution in [0.5, 0.6) is 0 Å². The summed E-state index contributed by atoms with van der Waals surface area (Å²) < 4.78 is 49.2. The van der Waals surface area contributed by atoms with E-state index < -0.39 is 18.3 Å². The molecule has 0 fully saturated rings. The molecule has 0 aliphatic rings. The fourth-order valence-electron chi connectivity index (χ4n) is 0.693. The predicted molar refractivity (Wildman–Crippen MR) is 48.3 cm³/mol. The molecule has 0 heterocycles. The number of alkyl halides is 5. The molecule has 0 saturated carbocycles. The van der Waals surface area contributed by atoms with Crippen LogP contribution >= 0.6 is 22.6 Å². The van der Waals surface area contributed by atoms with E-state index in [1.165, 1.54) is 0 Å². The standard InChI is InChI=1S/C7H11F4I/c1-6(8,7(9,10)11)4-2-3-5-12/h2-5H2,1H3. The van der Waals surface area contributed by atoms with Gasteiger partial charge in [0.15, 0.2) is 0 Å². The van der Waals surface area contributed by atoms with E-state index in [4.69, 9.17) is 0 Å². The molecule has 0 radical (unpaired) electrons. The van der Waals surface area contributed by atoms with Crippen LogP contribution in [0.15, 0.2) is 0 Å². The fourth-order valence-corrected chi connectivity index (χ4v) is 1.23. The average Bonchev–Trinajstić information content (AvgIpc) is 1.85. The molecule has 0 N–H and O–H groups in total. The minimum absolute atomic E-state index is 0.287. The molecule has 74 valence electrons. The van der Waals surface area contributed by atoms with Crippen LogP contribution in [0, 0.1) is 0 Å². The van der Waals surface area contributed by atoms with Gasteiger partial charge < -0.3 is 0 Å². The van der Waals surface area contributed by atoms with Gasteiger partial charge in [0.2, 0.25) is 5.67 Å². The first-order valence-corrected chi connectivity index (χ1v) is 5.15. The predicted octanol–water partition coefficient (Wildman–Crippen LogP) is 3.88. The van der Waals surface area contributed by atoms with Crippen molar-refractivity contribution >= 4 is 22.6 Å². The molecule has 0 spiro atoms. The van der Waals surface area contributed by atoms with Crippen molar-refractivity contribution in [3.63, 3.8) is 0 Å². The highest BCUT2D eigenvalue weighted by molar-refractivity contribution is 14.1. The second-order valence-electron chi connectivity index (χ2n) is 2.84. The molecule has 0 aromatic heterocycles. The Bertz CT molecular complexity index is 130. The summed E-state index contributed by atoms with van der Waals surface area (Å²) in [5.74, 6) is 0. The lowest BCUT2D eigenvalue weighted by atomic mass is 10.0. The van der Waals surface area contributed by atoms with Gasteiger partial charge in [-0.2, -0.15) is 13.2 Å². The number of halogens is 5. The van der Waals surface area contributed by atoms with E-state index in [9.17, 15) is 17.6 Å². The van der Waals surface area contributed by atoms with Crippen molar-refractivity contribution in [3.05, 3.63) is 0 Å². The Kier molecular flexibility index (Phi) is 4.79. The fraction of sp³-hybridized carbons (Fsp3) is 1.00. The van der Waals surface area contributed by atoms with Gasteiger partial charge in [-0.3, -0.25) is 0 Å². The van der Waals surface area contributed by atoms with Crippen molar-refractivity contribution in [3.8, 4) is 0 Å². The summed E-state index contributed by atoms with van der Waals surface area (Å²) in [5.41, 5.74) is -3.02. The molecule has 0 bridgehead atoms. The first-order valence-electron chi connectivity index (χ1n) is 3.63. The number of hydrogen-bond acceptors (Lipinski definition) is 0. The van der Waals surface area contributed by atoms with Crippen molar-refractivity contribution in [1.29, 1.82) is 0 Å². The number of unbranched alkanes of at least 4 members (excludes halogenated alkanes) is 1. The van der Waals surface area contributed by atoms with Crippen LogP contribution in [0.1, 0.15) is 26.2 Å². The van der Waals surface area contributed by atoms with Gasteiger partial charge in [-0.15, -0.1) is 0 Å². The molecule has 0 aliphatic heterocycles. The Morgan fingerprint density at radius 2 is 1.58 bits per heavy atom. The lowest BCUT2D eigenvalue weighted by Gasteiger charge is -2.23. The lowest BCUT2D eigenvalue weighted by Crippen LogP contribution is -2.37. The molecule has 12 heavy (non-hydrogen) atoms. The monoisotopic (exact) mass is 298 g/mol. The van der Waals surface area contributed by atoms with E-state index in [2.05, 4.69) is 22.6 Å². The van der Waals surface area contributed by atoms with Crippen LogP contribution in [0.25, 0.3) is 0 Å². The summed E-state index contributed by atoms with van der Waals surface area (Å²) in [5, 5.41) is 0. The minimum Gasteiger partial charge on any atom is -0.234 e. The summed E-state index contributed by atoms with van der Waals surface area (Å²) in [4.78, 5) is 0. The maximum absolute atomic E-state index is 12.8. The second-order valence-corrected chi connectivity index (χ2v) is 3.92. The number of hydrogen-bond donors (Lipinski definition) is 0. The average molecular weight is 298 g/mol. The van der Waals surface area contributed by atoms with E-state index in [1.807, 2.05) is 0 Å². The molecule has 5 heteroatoms. The maximum Gasteiger partial charge on any atom is 0.422 e. The van der Waals surface area contributed by atoms with Crippen LogP contribution in [-0.4, -0.2) is 16.3 Å². The summed E-state index contributed by atoms with van der Waals surface area (Å²) in [7, 11) is 0. The molecule has 0 aromatic carbocycles. The summed E-state index contributed by atoms with van der Waals surface area (Å²) in [6.45, 7) is 0.597. The van der Waals surface area contributed by atoms with E-state index in [-0.39, 0.29) is 6.42 Å². The molecule has 0 saturated heterocycles. The molecule has 0 aromatic rings. The first kappa shape index (κ1) is 12.4. The van der Waals surface area contributed by atoms with Crippen molar-refractivity contribution in [2.75, 3.05) is 4.43 Å². The third-order valence-corrected chi connectivity index (χ3v) is 2.38. The van der Waals surface area contributed by atoms with E-state index in [0.717, 1.165) is 4.43 Å². The van der Waals surface area contributed by atoms with Gasteiger partial charge in [0.1, 0.15) is 0 Å². The Hall–Kier alpha value is 0.450. The van der Waals surface area contributed by atoms with Crippen LogP contribution < -0.4 is 0 Å². The maximum atomic E-state index is 12.8. The third-order valence-electron chi connectivity index (χ3n) is 1.62. The van der Waals surface area contributed by atoms with Gasteiger partial charge in [-0.25, -0.2) is 4.39 Å². The zero-order valence-electron chi connectivity index (χ0n) is 6.72. The highest BCUT2D eigenvalue weighted by Crippen LogP contribution is 2.37. The molecular formula is C7H11F4I. The Balaban J connectivity index is 3.88. The van der Waals surface area contributed by atoms with Crippen LogP contribution in [0.3, 0.4) is 0 Å². The molecular weight excluding hydrogens is 287 g/mol. The topological polar surface area (TPSA) is 0 Å². The molecule has 0 aliphatic carbocycles. The van der Waals surface area contributed by atoms with Gasteiger partial charge in [0.25, 0.3) is 0 Å². The van der Waals surface area contributed by atoms with Gasteiger partial charge in [-0.1, -0.05) is 22.6 Å². The molecule has 0 nitrogen and oxygen atoms in total. The van der Waals surface area contributed by atoms with E-state index in [0.29, 0.717) is 13.3 Å². The smallest absolute Gasteiger partial charge is 0.234 e. The van der Waals surface area contributed by atoms with Crippen LogP contribution in [0.2, 0.25) is 0 Å². The third kappa shape index (κ3) is 3.91. The van der Waals surface area contributed by atoms with Crippen molar-refractivity contribution in [2.24, 2.45) is 0 Å². The molecule has 0 rings (SSSR count). The van der Waals surface area contributed by atoms with Gasteiger partial charge >= 0.3 is 6.18 Å². The Morgan fingerprint density at radius 1 is 1.08 bits per heavy atom. The van der Waals surface area contributed by atoms with Gasteiger partial charge in [-0.05, 0) is 30.6 Å². The lowest BCUT2D eigenvalue weighted by molar-refractivity contribution is -0.226. The summed E-state index contributed by atoms with van der Waals surface area (Å²) >= 11 is 2.06. The van der Waals surface area contributed by atoms with E-state index >= 15 is 0 Å². The normalized spacial score (nSPS) is 17.5. The Labute approximate surface area is 82.9 Å². The van der Waals surface area contributed by atoms with E-state index in [1.54, 1.807) is 0 Å². The zero-order valence-corrected chi connectivity index (χ0v) is 8.88. The first-order chi connectivity index (χ1) is 5.31. The summed E-state index contributed by atoms with van der Waals surface area (Å²) in [6, 6.07) is 0. The minimum atomic E-state index is -4.72. The Morgan fingerprint density at radius 3 is 1.92 bits per heavy atom. The largest absolute Gasteiger partial charge is 0.422 e. The van der Waals surface area contributed by atoms with Crippen molar-refractivity contribution in [1.82, 2.24) is 0 Å². The summed E-state index contributed by atoms with van der Waals surface area (Å²) in [6.07, 6.45) is -4.23. The molecule has 1 unspecified atom stereocenters. The van der Waals surface area contributed by atoms with Crippen LogP contribution in [-0.2, 0) is 0 Å². The highest BCUT2D eigenvalue weighted by atomic mass is 127. The second kappa shape index (κ2) is 4.62.